The van der Waals surface area contributed by atoms with E-state index in [9.17, 15) is 8.42 Å². The summed E-state index contributed by atoms with van der Waals surface area (Å²) >= 11 is 0. The molecule has 2 heterocycles. The first kappa shape index (κ1) is 14.4. The lowest BCUT2D eigenvalue weighted by atomic mass is 10.1. The number of hydrogen-bond donors (Lipinski definition) is 1. The molecule has 0 saturated carbocycles. The molecule has 6 heteroatoms. The normalized spacial score (nSPS) is 20.0. The summed E-state index contributed by atoms with van der Waals surface area (Å²) in [6.07, 6.45) is 3.57. The van der Waals surface area contributed by atoms with Gasteiger partial charge in [0, 0.05) is 31.2 Å². The van der Waals surface area contributed by atoms with Crippen LogP contribution >= 0.6 is 0 Å². The summed E-state index contributed by atoms with van der Waals surface area (Å²) in [6.45, 7) is 1.67. The molecule has 21 heavy (non-hydrogen) atoms. The maximum absolute atomic E-state index is 12.9. The van der Waals surface area contributed by atoms with Crippen molar-refractivity contribution in [1.82, 2.24) is 14.6 Å². The molecular formula is C15H19N3O2S. The number of fused-ring (bicyclic) bond motifs is 1. The van der Waals surface area contributed by atoms with E-state index in [0.29, 0.717) is 22.3 Å². The Morgan fingerprint density at radius 1 is 1.29 bits per heavy atom. The van der Waals surface area contributed by atoms with E-state index in [4.69, 9.17) is 0 Å². The molecule has 112 valence electrons. The number of benzene rings is 1. The van der Waals surface area contributed by atoms with E-state index in [1.165, 1.54) is 4.31 Å². The Morgan fingerprint density at radius 3 is 2.90 bits per heavy atom. The van der Waals surface area contributed by atoms with E-state index in [0.717, 1.165) is 19.4 Å². The van der Waals surface area contributed by atoms with Gasteiger partial charge in [-0.25, -0.2) is 8.42 Å². The molecule has 0 radical (unpaired) electrons. The summed E-state index contributed by atoms with van der Waals surface area (Å²) in [7, 11) is -1.84. The van der Waals surface area contributed by atoms with Crippen molar-refractivity contribution >= 4 is 20.9 Å². The van der Waals surface area contributed by atoms with Crippen molar-refractivity contribution in [3.63, 3.8) is 0 Å². The van der Waals surface area contributed by atoms with Crippen molar-refractivity contribution in [3.05, 3.63) is 36.5 Å². The van der Waals surface area contributed by atoms with Crippen LogP contribution in [0.25, 0.3) is 10.9 Å². The van der Waals surface area contributed by atoms with Crippen molar-refractivity contribution in [3.8, 4) is 0 Å². The predicted octanol–water partition coefficient (Wildman–Crippen LogP) is 1.61. The molecule has 0 aliphatic carbocycles. The molecule has 3 rings (SSSR count). The predicted molar refractivity (Wildman–Crippen MR) is 82.6 cm³/mol. The van der Waals surface area contributed by atoms with Crippen molar-refractivity contribution in [1.29, 1.82) is 0 Å². The number of aromatic nitrogens is 1. The molecule has 1 aromatic heterocycles. The summed E-state index contributed by atoms with van der Waals surface area (Å²) in [6, 6.07) is 8.82. The van der Waals surface area contributed by atoms with Crippen LogP contribution in [-0.4, -0.2) is 43.9 Å². The Balaban J connectivity index is 2.03. The first-order chi connectivity index (χ1) is 10.1. The molecule has 0 bridgehead atoms. The number of likely N-dealkylation sites (N-methyl/N-ethyl adjacent to an activating group) is 1. The minimum Gasteiger partial charge on any atom is -0.315 e. The number of nitrogens with one attached hydrogen (secondary N) is 1. The molecule has 5 nitrogen and oxygen atoms in total. The number of rotatable bonds is 3. The van der Waals surface area contributed by atoms with E-state index in [1.807, 2.05) is 12.1 Å². The molecule has 1 atom stereocenters. The first-order valence-corrected chi connectivity index (χ1v) is 8.57. The number of nitrogens with zero attached hydrogens (tertiary/aromatic N) is 2. The Morgan fingerprint density at radius 2 is 2.14 bits per heavy atom. The monoisotopic (exact) mass is 305 g/mol. The summed E-state index contributed by atoms with van der Waals surface area (Å²) < 4.78 is 27.3. The zero-order valence-electron chi connectivity index (χ0n) is 12.0. The van der Waals surface area contributed by atoms with Gasteiger partial charge in [0.05, 0.1) is 10.4 Å². The summed E-state index contributed by atoms with van der Waals surface area (Å²) in [5.41, 5.74) is 0.703. The van der Waals surface area contributed by atoms with Gasteiger partial charge in [-0.15, -0.1) is 0 Å². The summed E-state index contributed by atoms with van der Waals surface area (Å²) in [5.74, 6) is 0. The minimum atomic E-state index is -3.51. The second-order valence-corrected chi connectivity index (χ2v) is 7.31. The molecule has 1 N–H and O–H groups in total. The fraction of sp³-hybridized carbons (Fsp3) is 0.400. The van der Waals surface area contributed by atoms with Crippen LogP contribution in [-0.2, 0) is 10.0 Å². The lowest BCUT2D eigenvalue weighted by Gasteiger charge is -2.31. The van der Waals surface area contributed by atoms with Crippen LogP contribution in [0, 0.1) is 0 Å². The number of sulfonamides is 1. The van der Waals surface area contributed by atoms with E-state index >= 15 is 0 Å². The molecule has 1 aromatic carbocycles. The Kier molecular flexibility index (Phi) is 3.93. The van der Waals surface area contributed by atoms with Crippen molar-refractivity contribution in [2.24, 2.45) is 0 Å². The van der Waals surface area contributed by atoms with Gasteiger partial charge in [-0.2, -0.15) is 4.31 Å². The highest BCUT2D eigenvalue weighted by atomic mass is 32.2. The Hall–Kier alpha value is -1.50. The topological polar surface area (TPSA) is 62.3 Å². The molecule has 1 fully saturated rings. The molecule has 0 spiro atoms. The minimum absolute atomic E-state index is 0.00989. The van der Waals surface area contributed by atoms with Crippen LogP contribution in [0.3, 0.4) is 0 Å². The van der Waals surface area contributed by atoms with Crippen LogP contribution in [0.2, 0.25) is 0 Å². The highest BCUT2D eigenvalue weighted by molar-refractivity contribution is 7.89. The van der Waals surface area contributed by atoms with Crippen molar-refractivity contribution in [2.45, 2.75) is 23.8 Å². The maximum Gasteiger partial charge on any atom is 0.243 e. The highest BCUT2D eigenvalue weighted by Gasteiger charge is 2.30. The van der Waals surface area contributed by atoms with Crippen LogP contribution in [0.1, 0.15) is 12.8 Å². The van der Waals surface area contributed by atoms with Gasteiger partial charge in [0.25, 0.3) is 0 Å². The number of hydrogen-bond acceptors (Lipinski definition) is 4. The SMILES string of the molecule is CN(C1CCCNC1)S(=O)(=O)c1cccc2ncccc12. The quantitative estimate of drug-likeness (QED) is 0.936. The lowest BCUT2D eigenvalue weighted by molar-refractivity contribution is 0.300. The van der Waals surface area contributed by atoms with Crippen LogP contribution in [0.4, 0.5) is 0 Å². The fourth-order valence-electron chi connectivity index (χ4n) is 2.80. The average molecular weight is 305 g/mol. The number of pyridine rings is 1. The Labute approximate surface area is 125 Å². The van der Waals surface area contributed by atoms with Gasteiger partial charge in [-0.3, -0.25) is 4.98 Å². The van der Waals surface area contributed by atoms with E-state index < -0.39 is 10.0 Å². The third kappa shape index (κ3) is 2.66. The molecule has 0 amide bonds. The molecule has 1 saturated heterocycles. The zero-order valence-corrected chi connectivity index (χ0v) is 12.8. The van der Waals surface area contributed by atoms with Gasteiger partial charge >= 0.3 is 0 Å². The third-order valence-electron chi connectivity index (χ3n) is 4.05. The molecule has 1 aliphatic heterocycles. The summed E-state index contributed by atoms with van der Waals surface area (Å²) in [5, 5.41) is 3.93. The molecular weight excluding hydrogens is 286 g/mol. The van der Waals surface area contributed by atoms with Gasteiger partial charge < -0.3 is 5.32 Å². The van der Waals surface area contributed by atoms with Gasteiger partial charge in [0.15, 0.2) is 0 Å². The van der Waals surface area contributed by atoms with Gasteiger partial charge in [-0.05, 0) is 43.7 Å². The van der Waals surface area contributed by atoms with Crippen molar-refractivity contribution in [2.75, 3.05) is 20.1 Å². The van der Waals surface area contributed by atoms with Gasteiger partial charge in [0.1, 0.15) is 0 Å². The first-order valence-electron chi connectivity index (χ1n) is 7.13. The van der Waals surface area contributed by atoms with Gasteiger partial charge in [-0.1, -0.05) is 6.07 Å². The fourth-order valence-corrected chi connectivity index (χ4v) is 4.38. The van der Waals surface area contributed by atoms with Gasteiger partial charge in [0.2, 0.25) is 10.0 Å². The Bertz CT molecular complexity index is 734. The van der Waals surface area contributed by atoms with Crippen molar-refractivity contribution < 1.29 is 8.42 Å². The summed E-state index contributed by atoms with van der Waals surface area (Å²) in [4.78, 5) is 4.57. The van der Waals surface area contributed by atoms with Crippen LogP contribution in [0.15, 0.2) is 41.4 Å². The van der Waals surface area contributed by atoms with Crippen LogP contribution < -0.4 is 5.32 Å². The lowest BCUT2D eigenvalue weighted by Crippen LogP contribution is -2.46. The highest BCUT2D eigenvalue weighted by Crippen LogP contribution is 2.26. The standard InChI is InChI=1S/C15H19N3O2S/c1-18(12-5-3-9-16-11-12)21(19,20)15-8-2-7-14-13(15)6-4-10-17-14/h2,4,6-8,10,12,16H,3,5,9,11H2,1H3. The van der Waals surface area contributed by atoms with E-state index in [1.54, 1.807) is 31.4 Å². The smallest absolute Gasteiger partial charge is 0.243 e. The molecule has 1 unspecified atom stereocenters. The van der Waals surface area contributed by atoms with E-state index in [2.05, 4.69) is 10.3 Å². The molecule has 2 aromatic rings. The second kappa shape index (κ2) is 5.71. The van der Waals surface area contributed by atoms with Crippen LogP contribution in [0.5, 0.6) is 0 Å². The molecule has 1 aliphatic rings. The zero-order chi connectivity index (χ0) is 14.9. The number of piperidine rings is 1. The second-order valence-electron chi connectivity index (χ2n) is 5.35. The largest absolute Gasteiger partial charge is 0.315 e. The average Bonchev–Trinajstić information content (AvgIpc) is 2.54. The maximum atomic E-state index is 12.9. The third-order valence-corrected chi connectivity index (χ3v) is 6.02. The van der Waals surface area contributed by atoms with E-state index in [-0.39, 0.29) is 6.04 Å².